The molecule has 1 aromatic carbocycles. The van der Waals surface area contributed by atoms with Crippen molar-refractivity contribution in [3.05, 3.63) is 48.6 Å². The SMILES string of the molecule is C=CC(=O)OC[Si](OC)(OC)OCCCc1ccccc1. The molecule has 1 rings (SSSR count). The van der Waals surface area contributed by atoms with Gasteiger partial charge in [-0.15, -0.1) is 0 Å². The topological polar surface area (TPSA) is 54.0 Å². The fraction of sp³-hybridized carbons (Fsp3) is 0.400. The molecule has 0 aromatic heterocycles. The van der Waals surface area contributed by atoms with Crippen LogP contribution in [0.4, 0.5) is 0 Å². The lowest BCUT2D eigenvalue weighted by molar-refractivity contribution is -0.137. The Kier molecular flexibility index (Phi) is 7.92. The zero-order chi connectivity index (χ0) is 15.6. The number of esters is 1. The van der Waals surface area contributed by atoms with Gasteiger partial charge < -0.3 is 18.0 Å². The molecule has 0 unspecified atom stereocenters. The molecular weight excluding hydrogens is 288 g/mol. The third-order valence-corrected chi connectivity index (χ3v) is 5.34. The maximum absolute atomic E-state index is 11.1. The van der Waals surface area contributed by atoms with Gasteiger partial charge in [0.2, 0.25) is 0 Å². The summed E-state index contributed by atoms with van der Waals surface area (Å²) in [4.78, 5) is 11.1. The Bertz CT molecular complexity index is 431. The summed E-state index contributed by atoms with van der Waals surface area (Å²) in [5.74, 6) is -0.520. The molecule has 21 heavy (non-hydrogen) atoms. The van der Waals surface area contributed by atoms with E-state index in [1.54, 1.807) is 0 Å². The molecule has 0 heterocycles. The number of hydrogen-bond acceptors (Lipinski definition) is 5. The van der Waals surface area contributed by atoms with Crippen LogP contribution in [0.5, 0.6) is 0 Å². The first kappa shape index (κ1) is 17.6. The Morgan fingerprint density at radius 2 is 1.90 bits per heavy atom. The molecule has 0 aliphatic carbocycles. The van der Waals surface area contributed by atoms with Gasteiger partial charge in [-0.05, 0) is 18.4 Å². The van der Waals surface area contributed by atoms with E-state index in [4.69, 9.17) is 18.0 Å². The summed E-state index contributed by atoms with van der Waals surface area (Å²) in [7, 11) is 0.0379. The molecule has 0 fully saturated rings. The number of rotatable bonds is 10. The van der Waals surface area contributed by atoms with Gasteiger partial charge in [0.1, 0.15) is 0 Å². The van der Waals surface area contributed by atoms with Crippen molar-refractivity contribution in [3.63, 3.8) is 0 Å². The Morgan fingerprint density at radius 3 is 2.48 bits per heavy atom. The van der Waals surface area contributed by atoms with E-state index in [0.717, 1.165) is 18.9 Å². The van der Waals surface area contributed by atoms with Crippen molar-refractivity contribution in [2.24, 2.45) is 0 Å². The summed E-state index contributed by atoms with van der Waals surface area (Å²) >= 11 is 0. The van der Waals surface area contributed by atoms with Crippen LogP contribution >= 0.6 is 0 Å². The minimum atomic E-state index is -2.95. The Morgan fingerprint density at radius 1 is 1.24 bits per heavy atom. The lowest BCUT2D eigenvalue weighted by atomic mass is 10.1. The summed E-state index contributed by atoms with van der Waals surface area (Å²) in [5.41, 5.74) is 1.25. The molecule has 116 valence electrons. The molecule has 0 aliphatic rings. The normalized spacial score (nSPS) is 11.1. The Labute approximate surface area is 126 Å². The van der Waals surface area contributed by atoms with Crippen molar-refractivity contribution in [2.75, 3.05) is 27.1 Å². The fourth-order valence-electron chi connectivity index (χ4n) is 1.73. The van der Waals surface area contributed by atoms with Crippen molar-refractivity contribution in [1.29, 1.82) is 0 Å². The summed E-state index contributed by atoms with van der Waals surface area (Å²) in [6.07, 6.45) is 2.82. The predicted octanol–water partition coefficient (Wildman–Crippen LogP) is 2.14. The van der Waals surface area contributed by atoms with Crippen molar-refractivity contribution < 1.29 is 22.8 Å². The van der Waals surface area contributed by atoms with Crippen LogP contribution in [-0.4, -0.2) is 41.8 Å². The van der Waals surface area contributed by atoms with Gasteiger partial charge in [-0.25, -0.2) is 4.79 Å². The van der Waals surface area contributed by atoms with E-state index in [-0.39, 0.29) is 6.23 Å². The molecule has 0 spiro atoms. The molecule has 0 aliphatic heterocycles. The Hall–Kier alpha value is -1.47. The van der Waals surface area contributed by atoms with Crippen molar-refractivity contribution in [3.8, 4) is 0 Å². The minimum Gasteiger partial charge on any atom is -0.458 e. The van der Waals surface area contributed by atoms with Crippen LogP contribution in [0.2, 0.25) is 0 Å². The first-order chi connectivity index (χ1) is 10.2. The standard InChI is InChI=1S/C15H22O5Si/c1-4-15(16)19-13-21(17-2,18-3)20-12-8-11-14-9-6-5-7-10-14/h4-7,9-10H,1,8,11-13H2,2-3H3. The second-order valence-electron chi connectivity index (χ2n) is 4.34. The molecular formula is C15H22O5Si. The second-order valence-corrected chi connectivity index (χ2v) is 7.10. The Balaban J connectivity index is 2.39. The molecule has 0 atom stereocenters. The summed E-state index contributed by atoms with van der Waals surface area (Å²) in [6.45, 7) is 3.82. The lowest BCUT2D eigenvalue weighted by Crippen LogP contribution is -2.49. The van der Waals surface area contributed by atoms with Crippen molar-refractivity contribution in [2.45, 2.75) is 12.8 Å². The van der Waals surface area contributed by atoms with Crippen LogP contribution in [0, 0.1) is 0 Å². The first-order valence-corrected chi connectivity index (χ1v) is 8.66. The number of ether oxygens (including phenoxy) is 1. The molecule has 0 amide bonds. The molecule has 1 aromatic rings. The quantitative estimate of drug-likeness (QED) is 0.287. The second kappa shape index (κ2) is 9.46. The number of aryl methyl sites for hydroxylation is 1. The fourth-order valence-corrected chi connectivity index (χ4v) is 3.22. The minimum absolute atomic E-state index is 0.0177. The van der Waals surface area contributed by atoms with E-state index in [2.05, 4.69) is 18.7 Å². The van der Waals surface area contributed by atoms with E-state index in [1.807, 2.05) is 18.2 Å². The smallest absolute Gasteiger partial charge is 0.458 e. The highest BCUT2D eigenvalue weighted by atomic mass is 28.4. The average Bonchev–Trinajstić information content (AvgIpc) is 2.55. The van der Waals surface area contributed by atoms with Crippen LogP contribution in [0.15, 0.2) is 43.0 Å². The highest BCUT2D eigenvalue weighted by molar-refractivity contribution is 6.60. The van der Waals surface area contributed by atoms with Gasteiger partial charge in [0.25, 0.3) is 0 Å². The average molecular weight is 310 g/mol. The van der Waals surface area contributed by atoms with Crippen LogP contribution in [-0.2, 0) is 29.2 Å². The van der Waals surface area contributed by atoms with Gasteiger partial charge in [0, 0.05) is 26.9 Å². The maximum atomic E-state index is 11.1. The number of hydrogen-bond donors (Lipinski definition) is 0. The molecule has 0 saturated carbocycles. The van der Waals surface area contributed by atoms with Gasteiger partial charge in [-0.3, -0.25) is 0 Å². The summed E-state index contributed by atoms with van der Waals surface area (Å²) in [5, 5.41) is 0. The van der Waals surface area contributed by atoms with Crippen LogP contribution < -0.4 is 0 Å². The van der Waals surface area contributed by atoms with E-state index < -0.39 is 14.8 Å². The van der Waals surface area contributed by atoms with Crippen LogP contribution in [0.25, 0.3) is 0 Å². The van der Waals surface area contributed by atoms with Gasteiger partial charge >= 0.3 is 14.8 Å². The van der Waals surface area contributed by atoms with Gasteiger partial charge in [0.05, 0.1) is 0 Å². The lowest BCUT2D eigenvalue weighted by Gasteiger charge is -2.25. The van der Waals surface area contributed by atoms with Gasteiger partial charge in [-0.2, -0.15) is 0 Å². The zero-order valence-electron chi connectivity index (χ0n) is 12.5. The molecule has 6 heteroatoms. The molecule has 5 nitrogen and oxygen atoms in total. The van der Waals surface area contributed by atoms with E-state index in [1.165, 1.54) is 19.8 Å². The maximum Gasteiger partial charge on any atom is 0.540 e. The largest absolute Gasteiger partial charge is 0.540 e. The van der Waals surface area contributed by atoms with Crippen LogP contribution in [0.1, 0.15) is 12.0 Å². The highest BCUT2D eigenvalue weighted by Gasteiger charge is 2.41. The summed E-state index contributed by atoms with van der Waals surface area (Å²) < 4.78 is 21.3. The molecule has 0 bridgehead atoms. The van der Waals surface area contributed by atoms with E-state index in [9.17, 15) is 4.79 Å². The zero-order valence-corrected chi connectivity index (χ0v) is 13.5. The van der Waals surface area contributed by atoms with Crippen molar-refractivity contribution in [1.82, 2.24) is 0 Å². The van der Waals surface area contributed by atoms with Crippen LogP contribution in [0.3, 0.4) is 0 Å². The third-order valence-electron chi connectivity index (χ3n) is 2.95. The first-order valence-electron chi connectivity index (χ1n) is 6.73. The predicted molar refractivity (Wildman–Crippen MR) is 81.6 cm³/mol. The van der Waals surface area contributed by atoms with Crippen molar-refractivity contribution >= 4 is 14.8 Å². The third kappa shape index (κ3) is 6.22. The number of benzene rings is 1. The number of carbonyl (C=O) groups is 1. The molecule has 0 saturated heterocycles. The monoisotopic (exact) mass is 310 g/mol. The molecule has 0 radical (unpaired) electrons. The highest BCUT2D eigenvalue weighted by Crippen LogP contribution is 2.10. The summed E-state index contributed by atoms with van der Waals surface area (Å²) in [6, 6.07) is 10.1. The van der Waals surface area contributed by atoms with E-state index >= 15 is 0 Å². The van der Waals surface area contributed by atoms with Gasteiger partial charge in [-0.1, -0.05) is 36.9 Å². The number of carbonyl (C=O) groups excluding carboxylic acids is 1. The molecule has 0 N–H and O–H groups in total. The van der Waals surface area contributed by atoms with Gasteiger partial charge in [0.15, 0.2) is 6.23 Å². The van der Waals surface area contributed by atoms with E-state index in [0.29, 0.717) is 6.61 Å².